The van der Waals surface area contributed by atoms with E-state index in [0.717, 1.165) is 17.1 Å². The van der Waals surface area contributed by atoms with Crippen molar-refractivity contribution in [2.24, 2.45) is 11.8 Å². The predicted octanol–water partition coefficient (Wildman–Crippen LogP) is 3.79. The van der Waals surface area contributed by atoms with E-state index in [-0.39, 0.29) is 11.9 Å². The van der Waals surface area contributed by atoms with Crippen molar-refractivity contribution in [1.29, 1.82) is 0 Å². The number of rotatable bonds is 8. The van der Waals surface area contributed by atoms with Gasteiger partial charge in [-0.2, -0.15) is 0 Å². The Labute approximate surface area is 138 Å². The fraction of sp³-hybridized carbons (Fsp3) is 0.765. The fourth-order valence-electron chi connectivity index (χ4n) is 2.50. The van der Waals surface area contributed by atoms with E-state index in [4.69, 9.17) is 0 Å². The van der Waals surface area contributed by atoms with Crippen LogP contribution in [-0.2, 0) is 4.79 Å². The maximum atomic E-state index is 12.4. The minimum Gasteiger partial charge on any atom is -0.386 e. The lowest BCUT2D eigenvalue weighted by molar-refractivity contribution is -0.134. The molecule has 2 unspecified atom stereocenters. The quantitative estimate of drug-likeness (QED) is 0.790. The van der Waals surface area contributed by atoms with Gasteiger partial charge in [-0.05, 0) is 18.8 Å². The number of nitrogens with zero attached hydrogens (tertiary/aromatic N) is 2. The van der Waals surface area contributed by atoms with Gasteiger partial charge < -0.3 is 10.0 Å². The maximum absolute atomic E-state index is 12.4. The molecule has 0 saturated heterocycles. The number of carbonyl (C=O) groups excluding carboxylic acids is 1. The highest BCUT2D eigenvalue weighted by Crippen LogP contribution is 2.27. The van der Waals surface area contributed by atoms with E-state index in [1.807, 2.05) is 24.3 Å². The second kappa shape index (κ2) is 8.63. The van der Waals surface area contributed by atoms with Crippen LogP contribution in [0.1, 0.15) is 63.8 Å². The average Bonchev–Trinajstić information content (AvgIpc) is 2.89. The molecule has 1 N–H and O–H groups in total. The third-order valence-electron chi connectivity index (χ3n) is 4.27. The fourth-order valence-corrected chi connectivity index (χ4v) is 3.30. The molecule has 3 atom stereocenters. The van der Waals surface area contributed by atoms with Gasteiger partial charge in [0.15, 0.2) is 0 Å². The maximum Gasteiger partial charge on any atom is 0.222 e. The summed E-state index contributed by atoms with van der Waals surface area (Å²) in [6, 6.07) is 0.0239. The summed E-state index contributed by atoms with van der Waals surface area (Å²) in [6.45, 7) is 10.3. The number of hydrogen-bond donors (Lipinski definition) is 1. The minimum absolute atomic E-state index is 0.0239. The van der Waals surface area contributed by atoms with Crippen molar-refractivity contribution in [1.82, 2.24) is 9.88 Å². The number of aliphatic hydroxyl groups excluding tert-OH is 1. The highest BCUT2D eigenvalue weighted by atomic mass is 32.1. The monoisotopic (exact) mass is 326 g/mol. The van der Waals surface area contributed by atoms with E-state index < -0.39 is 6.10 Å². The molecule has 0 saturated carbocycles. The van der Waals surface area contributed by atoms with Crippen molar-refractivity contribution in [2.75, 3.05) is 7.05 Å². The van der Waals surface area contributed by atoms with Gasteiger partial charge in [0.1, 0.15) is 11.1 Å². The molecule has 5 heteroatoms. The van der Waals surface area contributed by atoms with E-state index in [9.17, 15) is 9.90 Å². The van der Waals surface area contributed by atoms with Crippen LogP contribution in [0.5, 0.6) is 0 Å². The SMILES string of the molecule is CC[C@H](C)CC(=O)N(C)C(CC(O)c1nc(C)cs1)C(C)C. The summed E-state index contributed by atoms with van der Waals surface area (Å²) in [4.78, 5) is 18.6. The molecule has 0 bridgehead atoms. The molecular formula is C17H30N2O2S. The number of aromatic nitrogens is 1. The van der Waals surface area contributed by atoms with Gasteiger partial charge in [-0.1, -0.05) is 34.1 Å². The molecule has 1 amide bonds. The molecule has 0 aromatic carbocycles. The number of carbonyl (C=O) groups is 1. The molecule has 0 aliphatic heterocycles. The number of aryl methyl sites for hydroxylation is 1. The Kier molecular flexibility index (Phi) is 7.49. The van der Waals surface area contributed by atoms with Crippen LogP contribution in [0, 0.1) is 18.8 Å². The van der Waals surface area contributed by atoms with E-state index in [0.29, 0.717) is 24.7 Å². The molecule has 1 aromatic rings. The molecule has 0 radical (unpaired) electrons. The summed E-state index contributed by atoms with van der Waals surface area (Å²) < 4.78 is 0. The highest BCUT2D eigenvalue weighted by molar-refractivity contribution is 7.09. The summed E-state index contributed by atoms with van der Waals surface area (Å²) in [5.41, 5.74) is 0.932. The zero-order valence-electron chi connectivity index (χ0n) is 14.7. The summed E-state index contributed by atoms with van der Waals surface area (Å²) in [5, 5.41) is 13.1. The molecule has 0 aliphatic rings. The normalized spacial score (nSPS) is 15.6. The Balaban J connectivity index is 2.74. The first-order valence-electron chi connectivity index (χ1n) is 8.11. The van der Waals surface area contributed by atoms with Crippen LogP contribution in [-0.4, -0.2) is 34.0 Å². The Morgan fingerprint density at radius 3 is 2.50 bits per heavy atom. The second-order valence-electron chi connectivity index (χ2n) is 6.61. The van der Waals surface area contributed by atoms with Gasteiger partial charge in [-0.25, -0.2) is 4.98 Å². The number of hydrogen-bond acceptors (Lipinski definition) is 4. The lowest BCUT2D eigenvalue weighted by atomic mass is 9.95. The third kappa shape index (κ3) is 5.36. The summed E-state index contributed by atoms with van der Waals surface area (Å²) in [7, 11) is 1.86. The highest BCUT2D eigenvalue weighted by Gasteiger charge is 2.27. The van der Waals surface area contributed by atoms with Gasteiger partial charge in [0.05, 0.1) is 0 Å². The van der Waals surface area contributed by atoms with Crippen LogP contribution in [0.3, 0.4) is 0 Å². The Hall–Kier alpha value is -0.940. The number of thiazole rings is 1. The van der Waals surface area contributed by atoms with Crippen LogP contribution in [0.2, 0.25) is 0 Å². The van der Waals surface area contributed by atoms with Crippen molar-refractivity contribution < 1.29 is 9.90 Å². The third-order valence-corrected chi connectivity index (χ3v) is 5.33. The summed E-state index contributed by atoms with van der Waals surface area (Å²) >= 11 is 1.48. The Morgan fingerprint density at radius 2 is 2.05 bits per heavy atom. The van der Waals surface area contributed by atoms with Gasteiger partial charge in [0, 0.05) is 37.0 Å². The zero-order valence-corrected chi connectivity index (χ0v) is 15.5. The molecule has 0 aliphatic carbocycles. The van der Waals surface area contributed by atoms with Gasteiger partial charge in [-0.3, -0.25) is 4.79 Å². The lowest BCUT2D eigenvalue weighted by Gasteiger charge is -2.33. The second-order valence-corrected chi connectivity index (χ2v) is 7.50. The van der Waals surface area contributed by atoms with Crippen molar-refractivity contribution >= 4 is 17.2 Å². The zero-order chi connectivity index (χ0) is 16.9. The summed E-state index contributed by atoms with van der Waals surface area (Å²) in [6.07, 6.45) is 1.51. The number of amides is 1. The summed E-state index contributed by atoms with van der Waals surface area (Å²) in [5.74, 6) is 0.853. The van der Waals surface area contributed by atoms with Crippen LogP contribution < -0.4 is 0 Å². The topological polar surface area (TPSA) is 53.4 Å². The van der Waals surface area contributed by atoms with Gasteiger partial charge in [0.2, 0.25) is 5.91 Å². The molecule has 4 nitrogen and oxygen atoms in total. The molecular weight excluding hydrogens is 296 g/mol. The van der Waals surface area contributed by atoms with Gasteiger partial charge in [0.25, 0.3) is 0 Å². The van der Waals surface area contributed by atoms with Crippen LogP contribution in [0.4, 0.5) is 0 Å². The molecule has 1 rings (SSSR count). The lowest BCUT2D eigenvalue weighted by Crippen LogP contribution is -2.41. The first-order chi connectivity index (χ1) is 10.3. The smallest absolute Gasteiger partial charge is 0.222 e. The molecule has 0 spiro atoms. The van der Waals surface area contributed by atoms with Crippen molar-refractivity contribution in [2.45, 2.75) is 66.0 Å². The van der Waals surface area contributed by atoms with Gasteiger partial charge in [-0.15, -0.1) is 11.3 Å². The van der Waals surface area contributed by atoms with Crippen LogP contribution in [0.15, 0.2) is 5.38 Å². The van der Waals surface area contributed by atoms with E-state index in [1.165, 1.54) is 11.3 Å². The Morgan fingerprint density at radius 1 is 1.41 bits per heavy atom. The molecule has 22 heavy (non-hydrogen) atoms. The standard InChI is InChI=1S/C17H30N2O2S/c1-7-12(4)8-16(21)19(6)14(11(2)3)9-15(20)17-18-13(5)10-22-17/h10-12,14-15,20H,7-9H2,1-6H3/t12-,14?,15?/m0/s1. The van der Waals surface area contributed by atoms with Crippen molar-refractivity contribution in [3.63, 3.8) is 0 Å². The van der Waals surface area contributed by atoms with Crippen LogP contribution >= 0.6 is 11.3 Å². The van der Waals surface area contributed by atoms with Gasteiger partial charge >= 0.3 is 0 Å². The Bertz CT molecular complexity index is 473. The minimum atomic E-state index is -0.607. The number of aliphatic hydroxyl groups is 1. The largest absolute Gasteiger partial charge is 0.386 e. The first kappa shape index (κ1) is 19.1. The molecule has 0 fully saturated rings. The van der Waals surface area contributed by atoms with Crippen molar-refractivity contribution in [3.05, 3.63) is 16.1 Å². The molecule has 126 valence electrons. The van der Waals surface area contributed by atoms with Crippen molar-refractivity contribution in [3.8, 4) is 0 Å². The molecule has 1 aromatic heterocycles. The van der Waals surface area contributed by atoms with Crippen LogP contribution in [0.25, 0.3) is 0 Å². The predicted molar refractivity (Wildman–Crippen MR) is 91.9 cm³/mol. The van der Waals surface area contributed by atoms with E-state index in [1.54, 1.807) is 0 Å². The average molecular weight is 327 g/mol. The van der Waals surface area contributed by atoms with E-state index >= 15 is 0 Å². The first-order valence-corrected chi connectivity index (χ1v) is 8.99. The van der Waals surface area contributed by atoms with E-state index in [2.05, 4.69) is 32.7 Å². The molecule has 1 heterocycles.